The zero-order valence-electron chi connectivity index (χ0n) is 12.1. The summed E-state index contributed by atoms with van der Waals surface area (Å²) >= 11 is 3.29. The second-order valence-corrected chi connectivity index (χ2v) is 7.29. The largest absolute Gasteiger partial charge is 0.316 e. The van der Waals surface area contributed by atoms with Crippen molar-refractivity contribution in [3.05, 3.63) is 53.0 Å². The maximum absolute atomic E-state index is 12.3. The molecule has 2 aromatic carbocycles. The molecule has 0 atom stereocenters. The van der Waals surface area contributed by atoms with E-state index in [1.54, 1.807) is 37.4 Å². The lowest BCUT2D eigenvalue weighted by Gasteiger charge is -2.15. The highest BCUT2D eigenvalue weighted by Gasteiger charge is 2.15. The van der Waals surface area contributed by atoms with E-state index in [9.17, 15) is 13.2 Å². The summed E-state index contributed by atoms with van der Waals surface area (Å²) < 4.78 is 27.9. The Morgan fingerprint density at radius 1 is 1.14 bits per heavy atom. The van der Waals surface area contributed by atoms with Gasteiger partial charge in [0.15, 0.2) is 0 Å². The fourth-order valence-electron chi connectivity index (χ4n) is 1.80. The van der Waals surface area contributed by atoms with Crippen molar-refractivity contribution in [2.45, 2.75) is 11.8 Å². The molecule has 2 aromatic rings. The molecule has 5 nitrogen and oxygen atoms in total. The molecule has 0 fully saturated rings. The molecular weight excluding hydrogens is 368 g/mol. The summed E-state index contributed by atoms with van der Waals surface area (Å²) in [6, 6.07) is 13.0. The van der Waals surface area contributed by atoms with E-state index < -0.39 is 10.0 Å². The molecule has 0 radical (unpaired) electrons. The molecule has 22 heavy (non-hydrogen) atoms. The van der Waals surface area contributed by atoms with Crippen molar-refractivity contribution in [2.75, 3.05) is 16.7 Å². The molecule has 2 rings (SSSR count). The highest BCUT2D eigenvalue weighted by molar-refractivity contribution is 9.10. The van der Waals surface area contributed by atoms with Crippen molar-refractivity contribution in [2.24, 2.45) is 0 Å². The van der Waals surface area contributed by atoms with E-state index in [1.807, 2.05) is 6.07 Å². The fraction of sp³-hybridized carbons (Fsp3) is 0.133. The quantitative estimate of drug-likeness (QED) is 0.882. The standard InChI is InChI=1S/C15H15BrN2O3S/c1-11(19)18(2)14-6-8-15(9-7-14)22(20,21)17-13-5-3-4-12(16)10-13/h3-10,17H,1-2H3. The van der Waals surface area contributed by atoms with Crippen LogP contribution in [0.3, 0.4) is 0 Å². The third-order valence-corrected chi connectivity index (χ3v) is 4.97. The van der Waals surface area contributed by atoms with Crippen LogP contribution < -0.4 is 9.62 Å². The van der Waals surface area contributed by atoms with Gasteiger partial charge in [-0.1, -0.05) is 22.0 Å². The topological polar surface area (TPSA) is 66.5 Å². The predicted molar refractivity (Wildman–Crippen MR) is 90.5 cm³/mol. The summed E-state index contributed by atoms with van der Waals surface area (Å²) in [5.41, 5.74) is 1.10. The first-order chi connectivity index (χ1) is 10.3. The number of carbonyl (C=O) groups is 1. The molecule has 0 unspecified atom stereocenters. The molecule has 0 aliphatic heterocycles. The molecule has 0 saturated carbocycles. The van der Waals surface area contributed by atoms with Gasteiger partial charge in [-0.2, -0.15) is 0 Å². The zero-order valence-corrected chi connectivity index (χ0v) is 14.5. The monoisotopic (exact) mass is 382 g/mol. The zero-order chi connectivity index (χ0) is 16.3. The number of nitrogens with zero attached hydrogens (tertiary/aromatic N) is 1. The fourth-order valence-corrected chi connectivity index (χ4v) is 3.25. The molecule has 0 aliphatic carbocycles. The summed E-state index contributed by atoms with van der Waals surface area (Å²) in [6.07, 6.45) is 0. The van der Waals surface area contributed by atoms with Crippen LogP contribution in [0, 0.1) is 0 Å². The van der Waals surface area contributed by atoms with Gasteiger partial charge >= 0.3 is 0 Å². The molecule has 0 heterocycles. The summed E-state index contributed by atoms with van der Waals surface area (Å²) in [7, 11) is -2.04. The molecule has 0 aromatic heterocycles. The van der Waals surface area contributed by atoms with Gasteiger partial charge in [-0.05, 0) is 42.5 Å². The van der Waals surface area contributed by atoms with E-state index in [1.165, 1.54) is 24.0 Å². The molecule has 1 amide bonds. The van der Waals surface area contributed by atoms with Crippen LogP contribution in [0.2, 0.25) is 0 Å². The minimum absolute atomic E-state index is 0.122. The van der Waals surface area contributed by atoms with E-state index in [-0.39, 0.29) is 10.8 Å². The van der Waals surface area contributed by atoms with Crippen LogP contribution >= 0.6 is 15.9 Å². The molecule has 7 heteroatoms. The van der Waals surface area contributed by atoms with Gasteiger partial charge in [0.25, 0.3) is 10.0 Å². The number of sulfonamides is 1. The van der Waals surface area contributed by atoms with Crippen molar-refractivity contribution in [3.63, 3.8) is 0 Å². The maximum atomic E-state index is 12.3. The van der Waals surface area contributed by atoms with Gasteiger partial charge < -0.3 is 4.90 Å². The molecule has 0 bridgehead atoms. The smallest absolute Gasteiger partial charge is 0.261 e. The Morgan fingerprint density at radius 3 is 2.32 bits per heavy atom. The van der Waals surface area contributed by atoms with Gasteiger partial charge in [0.05, 0.1) is 4.90 Å². The number of nitrogens with one attached hydrogen (secondary N) is 1. The number of amides is 1. The molecule has 0 spiro atoms. The minimum Gasteiger partial charge on any atom is -0.316 e. The van der Waals surface area contributed by atoms with E-state index in [0.717, 1.165) is 4.47 Å². The Labute approximate surface area is 138 Å². The van der Waals surface area contributed by atoms with E-state index in [4.69, 9.17) is 0 Å². The van der Waals surface area contributed by atoms with Gasteiger partial charge in [0.2, 0.25) is 5.91 Å². The van der Waals surface area contributed by atoms with Crippen molar-refractivity contribution >= 4 is 43.2 Å². The Bertz CT molecular complexity index is 789. The van der Waals surface area contributed by atoms with E-state index in [0.29, 0.717) is 11.4 Å². The van der Waals surface area contributed by atoms with Gasteiger partial charge in [-0.25, -0.2) is 8.42 Å². The normalized spacial score (nSPS) is 11.0. The first kappa shape index (κ1) is 16.5. The summed E-state index contributed by atoms with van der Waals surface area (Å²) in [4.78, 5) is 12.9. The van der Waals surface area contributed by atoms with Gasteiger partial charge in [0, 0.05) is 29.8 Å². The lowest BCUT2D eigenvalue weighted by atomic mass is 10.3. The number of carbonyl (C=O) groups excluding carboxylic acids is 1. The van der Waals surface area contributed by atoms with Gasteiger partial charge in [-0.15, -0.1) is 0 Å². The third-order valence-electron chi connectivity index (χ3n) is 3.08. The average molecular weight is 383 g/mol. The van der Waals surface area contributed by atoms with Crippen LogP contribution in [-0.4, -0.2) is 21.4 Å². The SMILES string of the molecule is CC(=O)N(C)c1ccc(S(=O)(=O)Nc2cccc(Br)c2)cc1. The van der Waals surface area contributed by atoms with Gasteiger partial charge in [0.1, 0.15) is 0 Å². The summed E-state index contributed by atoms with van der Waals surface area (Å²) in [5.74, 6) is -0.122. The number of benzene rings is 2. The minimum atomic E-state index is -3.67. The second-order valence-electron chi connectivity index (χ2n) is 4.69. The second kappa shape index (κ2) is 6.50. The van der Waals surface area contributed by atoms with Crippen LogP contribution in [-0.2, 0) is 14.8 Å². The summed E-state index contributed by atoms with van der Waals surface area (Å²) in [5, 5.41) is 0. The van der Waals surface area contributed by atoms with Crippen LogP contribution in [0.4, 0.5) is 11.4 Å². The van der Waals surface area contributed by atoms with Gasteiger partial charge in [-0.3, -0.25) is 9.52 Å². The number of anilines is 2. The van der Waals surface area contributed by atoms with Crippen LogP contribution in [0.1, 0.15) is 6.92 Å². The van der Waals surface area contributed by atoms with E-state index in [2.05, 4.69) is 20.7 Å². The number of hydrogen-bond acceptors (Lipinski definition) is 3. The highest BCUT2D eigenvalue weighted by Crippen LogP contribution is 2.21. The molecular formula is C15H15BrN2O3S. The molecule has 0 aliphatic rings. The predicted octanol–water partition coefficient (Wildman–Crippen LogP) is 3.23. The first-order valence-corrected chi connectivity index (χ1v) is 8.70. The van der Waals surface area contributed by atoms with Crippen molar-refractivity contribution in [3.8, 4) is 0 Å². The van der Waals surface area contributed by atoms with Crippen molar-refractivity contribution < 1.29 is 13.2 Å². The highest BCUT2D eigenvalue weighted by atomic mass is 79.9. The Kier molecular flexibility index (Phi) is 4.87. The molecule has 1 N–H and O–H groups in total. The van der Waals surface area contributed by atoms with E-state index >= 15 is 0 Å². The van der Waals surface area contributed by atoms with Crippen LogP contribution in [0.25, 0.3) is 0 Å². The number of halogens is 1. The summed E-state index contributed by atoms with van der Waals surface area (Å²) in [6.45, 7) is 1.44. The Hall–Kier alpha value is -1.86. The number of hydrogen-bond donors (Lipinski definition) is 1. The molecule has 0 saturated heterocycles. The lowest BCUT2D eigenvalue weighted by molar-refractivity contribution is -0.116. The van der Waals surface area contributed by atoms with Crippen molar-refractivity contribution in [1.29, 1.82) is 0 Å². The Morgan fingerprint density at radius 2 is 1.77 bits per heavy atom. The molecule has 116 valence electrons. The maximum Gasteiger partial charge on any atom is 0.261 e. The van der Waals surface area contributed by atoms with Crippen molar-refractivity contribution in [1.82, 2.24) is 0 Å². The third kappa shape index (κ3) is 3.86. The van der Waals surface area contributed by atoms with Crippen LogP contribution in [0.5, 0.6) is 0 Å². The number of rotatable bonds is 4. The lowest BCUT2D eigenvalue weighted by Crippen LogP contribution is -2.22. The Balaban J connectivity index is 2.25. The van der Waals surface area contributed by atoms with Crippen LogP contribution in [0.15, 0.2) is 57.9 Å². The first-order valence-electron chi connectivity index (χ1n) is 6.42. The average Bonchev–Trinajstić information content (AvgIpc) is 2.46.